The molecule has 0 spiro atoms. The average Bonchev–Trinajstić information content (AvgIpc) is 2.65. The Morgan fingerprint density at radius 2 is 1.81 bits per heavy atom. The van der Waals surface area contributed by atoms with Gasteiger partial charge in [-0.1, -0.05) is 34.1 Å². The zero-order valence-electron chi connectivity index (χ0n) is 14.8. The van der Waals surface area contributed by atoms with Crippen LogP contribution in [0.5, 0.6) is 0 Å². The summed E-state index contributed by atoms with van der Waals surface area (Å²) >= 11 is 3.46. The molecule has 2 aromatic rings. The Morgan fingerprint density at radius 1 is 1.12 bits per heavy atom. The fourth-order valence-electron chi connectivity index (χ4n) is 3.12. The smallest absolute Gasteiger partial charge is 0.279 e. The number of nitrogens with one attached hydrogen (secondary N) is 2. The van der Waals surface area contributed by atoms with Crippen molar-refractivity contribution in [2.24, 2.45) is 0 Å². The number of piperazine rings is 1. The maximum Gasteiger partial charge on any atom is 0.279 e. The van der Waals surface area contributed by atoms with Gasteiger partial charge in [-0.05, 0) is 42.8 Å². The Kier molecular flexibility index (Phi) is 6.06. The van der Waals surface area contributed by atoms with Gasteiger partial charge < -0.3 is 15.1 Å². The van der Waals surface area contributed by atoms with Gasteiger partial charge in [0.1, 0.15) is 0 Å². The topological polar surface area (TPSA) is 53.9 Å². The number of carbonyl (C=O) groups excluding carboxylic acids is 2. The first-order chi connectivity index (χ1) is 12.5. The summed E-state index contributed by atoms with van der Waals surface area (Å²) in [7, 11) is 0. The van der Waals surface area contributed by atoms with E-state index >= 15 is 0 Å². The predicted octanol–water partition coefficient (Wildman–Crippen LogP) is 1.74. The van der Waals surface area contributed by atoms with Crippen molar-refractivity contribution in [3.63, 3.8) is 0 Å². The highest BCUT2D eigenvalue weighted by Crippen LogP contribution is 2.19. The summed E-state index contributed by atoms with van der Waals surface area (Å²) in [5.74, 6) is 0.0731. The third-order valence-corrected chi connectivity index (χ3v) is 5.52. The zero-order valence-corrected chi connectivity index (χ0v) is 16.4. The monoisotopic (exact) mass is 416 g/mol. The Morgan fingerprint density at radius 3 is 2.46 bits per heavy atom. The quantitative estimate of drug-likeness (QED) is 0.797. The summed E-state index contributed by atoms with van der Waals surface area (Å²) in [6.45, 7) is 5.33. The highest BCUT2D eigenvalue weighted by Gasteiger charge is 2.25. The molecule has 6 heteroatoms. The van der Waals surface area contributed by atoms with Gasteiger partial charge in [0.05, 0.1) is 26.2 Å². The first-order valence-electron chi connectivity index (χ1n) is 8.77. The maximum absolute atomic E-state index is 12.5. The number of anilines is 1. The van der Waals surface area contributed by atoms with Gasteiger partial charge in [0.25, 0.3) is 11.8 Å². The Balaban J connectivity index is 1.48. The van der Waals surface area contributed by atoms with Crippen molar-refractivity contribution in [2.45, 2.75) is 6.92 Å². The SMILES string of the molecule is Cc1cc(NC(=O)C[NH+]2CCN(C(=O)c3ccccc3)CC2)ccc1Br. The first kappa shape index (κ1) is 18.6. The molecule has 1 heterocycles. The van der Waals surface area contributed by atoms with Crippen LogP contribution in [0.1, 0.15) is 15.9 Å². The standard InChI is InChI=1S/C20H22BrN3O2/c1-15-13-17(7-8-18(15)21)22-19(25)14-23-9-11-24(12-10-23)20(26)16-5-3-2-4-6-16/h2-8,13H,9-12,14H2,1H3,(H,22,25)/p+1. The molecule has 3 rings (SSSR count). The molecule has 2 N–H and O–H groups in total. The van der Waals surface area contributed by atoms with Crippen molar-refractivity contribution in [3.05, 3.63) is 64.1 Å². The molecule has 0 atom stereocenters. The minimum atomic E-state index is 0.00422. The Labute approximate surface area is 162 Å². The third kappa shape index (κ3) is 4.71. The van der Waals surface area contributed by atoms with E-state index in [2.05, 4.69) is 21.2 Å². The lowest BCUT2D eigenvalue weighted by Crippen LogP contribution is -3.15. The molecule has 0 aromatic heterocycles. The minimum absolute atomic E-state index is 0.00422. The van der Waals surface area contributed by atoms with E-state index in [9.17, 15) is 9.59 Å². The van der Waals surface area contributed by atoms with Crippen molar-refractivity contribution in [2.75, 3.05) is 38.0 Å². The molecule has 0 unspecified atom stereocenters. The molecule has 26 heavy (non-hydrogen) atoms. The van der Waals surface area contributed by atoms with E-state index in [1.165, 1.54) is 4.90 Å². The lowest BCUT2D eigenvalue weighted by molar-refractivity contribution is -0.895. The van der Waals surface area contributed by atoms with E-state index in [0.29, 0.717) is 19.6 Å². The van der Waals surface area contributed by atoms with Gasteiger partial charge >= 0.3 is 0 Å². The Hall–Kier alpha value is -2.18. The summed E-state index contributed by atoms with van der Waals surface area (Å²) < 4.78 is 1.03. The maximum atomic E-state index is 12.5. The van der Waals surface area contributed by atoms with Crippen molar-refractivity contribution in [1.29, 1.82) is 0 Å². The molecule has 1 aliphatic heterocycles. The molecule has 1 saturated heterocycles. The molecule has 1 aliphatic rings. The predicted molar refractivity (Wildman–Crippen MR) is 105 cm³/mol. The molecule has 2 amide bonds. The highest BCUT2D eigenvalue weighted by molar-refractivity contribution is 9.10. The van der Waals surface area contributed by atoms with Crippen LogP contribution in [0.3, 0.4) is 0 Å². The number of benzene rings is 2. The van der Waals surface area contributed by atoms with Crippen molar-refractivity contribution in [1.82, 2.24) is 4.90 Å². The van der Waals surface area contributed by atoms with E-state index in [1.54, 1.807) is 0 Å². The summed E-state index contributed by atoms with van der Waals surface area (Å²) in [4.78, 5) is 27.8. The zero-order chi connectivity index (χ0) is 18.5. The average molecular weight is 417 g/mol. The van der Waals surface area contributed by atoms with Gasteiger partial charge in [-0.15, -0.1) is 0 Å². The second-order valence-corrected chi connectivity index (χ2v) is 7.45. The largest absolute Gasteiger partial charge is 0.327 e. The van der Waals surface area contributed by atoms with Gasteiger partial charge in [0, 0.05) is 15.7 Å². The van der Waals surface area contributed by atoms with Crippen LogP contribution in [0.2, 0.25) is 0 Å². The molecular formula is C20H23BrN3O2+. The number of aryl methyl sites for hydroxylation is 1. The molecule has 2 aromatic carbocycles. The second-order valence-electron chi connectivity index (χ2n) is 6.60. The fourth-order valence-corrected chi connectivity index (χ4v) is 3.37. The molecule has 0 radical (unpaired) electrons. The molecular weight excluding hydrogens is 394 g/mol. The number of nitrogens with zero attached hydrogens (tertiary/aromatic N) is 1. The molecule has 5 nitrogen and oxygen atoms in total. The van der Waals surface area contributed by atoms with E-state index in [0.717, 1.165) is 34.4 Å². The summed E-state index contributed by atoms with van der Waals surface area (Å²) in [5, 5.41) is 2.96. The van der Waals surface area contributed by atoms with E-state index in [-0.39, 0.29) is 11.8 Å². The van der Waals surface area contributed by atoms with Gasteiger partial charge in [-0.25, -0.2) is 0 Å². The van der Waals surface area contributed by atoms with Gasteiger partial charge in [-0.3, -0.25) is 9.59 Å². The van der Waals surface area contributed by atoms with Crippen LogP contribution in [0, 0.1) is 6.92 Å². The van der Waals surface area contributed by atoms with Crippen molar-refractivity contribution < 1.29 is 14.5 Å². The number of carbonyl (C=O) groups is 2. The van der Waals surface area contributed by atoms with Crippen LogP contribution in [0.15, 0.2) is 53.0 Å². The molecule has 136 valence electrons. The van der Waals surface area contributed by atoms with Crippen LogP contribution in [0.4, 0.5) is 5.69 Å². The number of hydrogen-bond acceptors (Lipinski definition) is 2. The van der Waals surface area contributed by atoms with E-state index < -0.39 is 0 Å². The lowest BCUT2D eigenvalue weighted by atomic mass is 10.2. The van der Waals surface area contributed by atoms with Crippen LogP contribution in [-0.2, 0) is 4.79 Å². The van der Waals surface area contributed by atoms with Gasteiger partial charge in [0.15, 0.2) is 6.54 Å². The van der Waals surface area contributed by atoms with E-state index in [4.69, 9.17) is 0 Å². The Bertz CT molecular complexity index is 787. The van der Waals surface area contributed by atoms with Crippen molar-refractivity contribution in [3.8, 4) is 0 Å². The number of halogens is 1. The third-order valence-electron chi connectivity index (χ3n) is 4.63. The first-order valence-corrected chi connectivity index (χ1v) is 9.56. The van der Waals surface area contributed by atoms with Gasteiger partial charge in [0.2, 0.25) is 0 Å². The van der Waals surface area contributed by atoms with Crippen LogP contribution in [-0.4, -0.2) is 49.4 Å². The van der Waals surface area contributed by atoms with Crippen LogP contribution < -0.4 is 10.2 Å². The second kappa shape index (κ2) is 8.47. The minimum Gasteiger partial charge on any atom is -0.327 e. The fraction of sp³-hybridized carbons (Fsp3) is 0.300. The number of rotatable bonds is 4. The molecule has 0 aliphatic carbocycles. The normalized spacial score (nSPS) is 14.9. The summed E-state index contributed by atoms with van der Waals surface area (Å²) in [5.41, 5.74) is 2.62. The van der Waals surface area contributed by atoms with Crippen LogP contribution >= 0.6 is 15.9 Å². The van der Waals surface area contributed by atoms with Crippen molar-refractivity contribution >= 4 is 33.4 Å². The van der Waals surface area contributed by atoms with E-state index in [1.807, 2.05) is 60.4 Å². The molecule has 0 saturated carbocycles. The number of amides is 2. The molecule has 0 bridgehead atoms. The summed E-state index contributed by atoms with van der Waals surface area (Å²) in [6.07, 6.45) is 0. The number of hydrogen-bond donors (Lipinski definition) is 2. The van der Waals surface area contributed by atoms with Gasteiger partial charge in [-0.2, -0.15) is 0 Å². The highest BCUT2D eigenvalue weighted by atomic mass is 79.9. The number of quaternary nitrogens is 1. The summed E-state index contributed by atoms with van der Waals surface area (Å²) in [6, 6.07) is 15.1. The molecule has 1 fully saturated rings. The lowest BCUT2D eigenvalue weighted by Gasteiger charge is -2.32. The van der Waals surface area contributed by atoms with Crippen LogP contribution in [0.25, 0.3) is 0 Å².